The van der Waals surface area contributed by atoms with Crippen molar-refractivity contribution in [3.8, 4) is 0 Å². The van der Waals surface area contributed by atoms with Crippen molar-refractivity contribution in [3.05, 3.63) is 24.2 Å². The van der Waals surface area contributed by atoms with Gasteiger partial charge in [0.05, 0.1) is 18.9 Å². The third kappa shape index (κ3) is 2.70. The van der Waals surface area contributed by atoms with Gasteiger partial charge in [-0.2, -0.15) is 0 Å². The van der Waals surface area contributed by atoms with E-state index < -0.39 is 0 Å². The number of rotatable bonds is 4. The number of nitrogens with zero attached hydrogens (tertiary/aromatic N) is 1. The summed E-state index contributed by atoms with van der Waals surface area (Å²) < 4.78 is 5.50. The normalized spacial score (nSPS) is 25.7. The van der Waals surface area contributed by atoms with E-state index in [0.29, 0.717) is 0 Å². The van der Waals surface area contributed by atoms with Crippen LogP contribution in [0.5, 0.6) is 0 Å². The third-order valence-corrected chi connectivity index (χ3v) is 3.57. The summed E-state index contributed by atoms with van der Waals surface area (Å²) in [6.45, 7) is 3.18. The first kappa shape index (κ1) is 12.6. The van der Waals surface area contributed by atoms with E-state index >= 15 is 0 Å². The Morgan fingerprint density at radius 3 is 3.00 bits per heavy atom. The molecule has 96 valence electrons. The van der Waals surface area contributed by atoms with Crippen LogP contribution in [-0.2, 0) is 0 Å². The maximum absolute atomic E-state index is 9.48. The second-order valence-electron chi connectivity index (χ2n) is 4.89. The summed E-state index contributed by atoms with van der Waals surface area (Å²) >= 11 is 0. The molecule has 2 heterocycles. The molecule has 17 heavy (non-hydrogen) atoms. The number of hydrogen-bond acceptors (Lipinski definition) is 4. The van der Waals surface area contributed by atoms with E-state index in [0.717, 1.165) is 18.7 Å². The zero-order valence-electron chi connectivity index (χ0n) is 10.4. The smallest absolute Gasteiger partial charge is 0.122 e. The highest BCUT2D eigenvalue weighted by Gasteiger charge is 2.33. The van der Waals surface area contributed by atoms with E-state index in [1.807, 2.05) is 19.1 Å². The topological polar surface area (TPSA) is 62.6 Å². The Hall–Kier alpha value is -0.840. The lowest BCUT2D eigenvalue weighted by molar-refractivity contribution is 0.0360. The largest absolute Gasteiger partial charge is 0.468 e. The highest BCUT2D eigenvalue weighted by Crippen LogP contribution is 2.30. The van der Waals surface area contributed by atoms with Crippen molar-refractivity contribution in [3.63, 3.8) is 0 Å². The summed E-state index contributed by atoms with van der Waals surface area (Å²) in [5.41, 5.74) is 6.09. The summed E-state index contributed by atoms with van der Waals surface area (Å²) in [5, 5.41) is 9.48. The molecule has 1 aromatic heterocycles. The van der Waals surface area contributed by atoms with Crippen LogP contribution in [0.25, 0.3) is 0 Å². The summed E-state index contributed by atoms with van der Waals surface area (Å²) in [5.74, 6) is 0.903. The zero-order chi connectivity index (χ0) is 12.3. The Balaban J connectivity index is 2.20. The van der Waals surface area contributed by atoms with E-state index in [2.05, 4.69) is 4.90 Å². The van der Waals surface area contributed by atoms with Crippen LogP contribution in [0.4, 0.5) is 0 Å². The minimum Gasteiger partial charge on any atom is -0.468 e. The molecule has 0 aromatic carbocycles. The molecular weight excluding hydrogens is 216 g/mol. The fourth-order valence-electron chi connectivity index (χ4n) is 2.77. The van der Waals surface area contributed by atoms with Gasteiger partial charge in [-0.15, -0.1) is 0 Å². The van der Waals surface area contributed by atoms with E-state index in [1.165, 1.54) is 12.8 Å². The van der Waals surface area contributed by atoms with Gasteiger partial charge >= 0.3 is 0 Å². The Morgan fingerprint density at radius 1 is 1.59 bits per heavy atom. The minimum atomic E-state index is -0.00620. The molecule has 3 unspecified atom stereocenters. The molecule has 0 bridgehead atoms. The maximum Gasteiger partial charge on any atom is 0.122 e. The summed E-state index contributed by atoms with van der Waals surface area (Å²) in [7, 11) is 0. The van der Waals surface area contributed by atoms with Crippen molar-refractivity contribution in [2.75, 3.05) is 13.2 Å². The van der Waals surface area contributed by atoms with E-state index in [9.17, 15) is 5.11 Å². The van der Waals surface area contributed by atoms with Crippen molar-refractivity contribution in [2.45, 2.75) is 44.3 Å². The molecule has 3 atom stereocenters. The first-order chi connectivity index (χ1) is 8.24. The SMILES string of the molecule is CC(N)C(c1ccco1)N1CCCCC1CO. The van der Waals surface area contributed by atoms with Crippen molar-refractivity contribution in [2.24, 2.45) is 5.73 Å². The minimum absolute atomic E-state index is 0.00620. The van der Waals surface area contributed by atoms with Crippen molar-refractivity contribution < 1.29 is 9.52 Å². The highest BCUT2D eigenvalue weighted by molar-refractivity contribution is 5.08. The molecule has 0 radical (unpaired) electrons. The van der Waals surface area contributed by atoms with Gasteiger partial charge in [0.1, 0.15) is 5.76 Å². The van der Waals surface area contributed by atoms with Crippen LogP contribution in [0.1, 0.15) is 38.0 Å². The molecule has 1 aromatic rings. The molecule has 0 saturated carbocycles. The quantitative estimate of drug-likeness (QED) is 0.834. The molecule has 0 spiro atoms. The molecule has 1 aliphatic heterocycles. The van der Waals surface area contributed by atoms with Gasteiger partial charge in [-0.05, 0) is 38.4 Å². The van der Waals surface area contributed by atoms with Gasteiger partial charge in [0.25, 0.3) is 0 Å². The fourth-order valence-corrected chi connectivity index (χ4v) is 2.77. The van der Waals surface area contributed by atoms with Crippen LogP contribution in [0.15, 0.2) is 22.8 Å². The summed E-state index contributed by atoms with van der Waals surface area (Å²) in [6, 6.07) is 4.14. The first-order valence-electron chi connectivity index (χ1n) is 6.39. The lowest BCUT2D eigenvalue weighted by atomic mass is 9.96. The predicted molar refractivity (Wildman–Crippen MR) is 66.5 cm³/mol. The molecular formula is C13H22N2O2. The molecule has 1 fully saturated rings. The number of aliphatic hydroxyl groups is 1. The highest BCUT2D eigenvalue weighted by atomic mass is 16.3. The van der Waals surface area contributed by atoms with Crippen LogP contribution in [-0.4, -0.2) is 35.2 Å². The van der Waals surface area contributed by atoms with E-state index in [-0.39, 0.29) is 24.7 Å². The van der Waals surface area contributed by atoms with Gasteiger partial charge in [-0.3, -0.25) is 4.90 Å². The first-order valence-corrected chi connectivity index (χ1v) is 6.39. The lowest BCUT2D eigenvalue weighted by Gasteiger charge is -2.41. The van der Waals surface area contributed by atoms with Crippen molar-refractivity contribution >= 4 is 0 Å². The van der Waals surface area contributed by atoms with Gasteiger partial charge in [0.2, 0.25) is 0 Å². The number of hydrogen-bond donors (Lipinski definition) is 2. The van der Waals surface area contributed by atoms with Crippen LogP contribution in [0.3, 0.4) is 0 Å². The monoisotopic (exact) mass is 238 g/mol. The molecule has 3 N–H and O–H groups in total. The molecule has 4 heteroatoms. The van der Waals surface area contributed by atoms with Gasteiger partial charge in [-0.25, -0.2) is 0 Å². The molecule has 2 rings (SSSR count). The molecule has 0 aliphatic carbocycles. The molecule has 0 amide bonds. The fraction of sp³-hybridized carbons (Fsp3) is 0.692. The average molecular weight is 238 g/mol. The van der Waals surface area contributed by atoms with E-state index in [4.69, 9.17) is 10.2 Å². The number of aliphatic hydroxyl groups excluding tert-OH is 1. The number of nitrogens with two attached hydrogens (primary N) is 1. The predicted octanol–water partition coefficient (Wildman–Crippen LogP) is 1.51. The van der Waals surface area contributed by atoms with Crippen molar-refractivity contribution in [1.29, 1.82) is 0 Å². The second-order valence-corrected chi connectivity index (χ2v) is 4.89. The average Bonchev–Trinajstić information content (AvgIpc) is 2.83. The van der Waals surface area contributed by atoms with Crippen LogP contribution in [0, 0.1) is 0 Å². The summed E-state index contributed by atoms with van der Waals surface area (Å²) in [4.78, 5) is 2.30. The zero-order valence-corrected chi connectivity index (χ0v) is 10.4. The summed E-state index contributed by atoms with van der Waals surface area (Å²) in [6.07, 6.45) is 5.08. The Labute approximate surface area is 102 Å². The Morgan fingerprint density at radius 2 is 2.41 bits per heavy atom. The Bertz CT molecular complexity index is 324. The third-order valence-electron chi connectivity index (χ3n) is 3.57. The van der Waals surface area contributed by atoms with Crippen LogP contribution >= 0.6 is 0 Å². The standard InChI is InChI=1S/C13H22N2O2/c1-10(14)13(12-6-4-8-17-12)15-7-3-2-5-11(15)9-16/h4,6,8,10-11,13,16H,2-3,5,7,9,14H2,1H3. The van der Waals surface area contributed by atoms with Gasteiger partial charge in [0.15, 0.2) is 0 Å². The van der Waals surface area contributed by atoms with Gasteiger partial charge in [0, 0.05) is 12.1 Å². The second kappa shape index (κ2) is 5.67. The number of likely N-dealkylation sites (tertiary alicyclic amines) is 1. The van der Waals surface area contributed by atoms with Crippen LogP contribution < -0.4 is 5.73 Å². The van der Waals surface area contributed by atoms with Gasteiger partial charge in [-0.1, -0.05) is 6.42 Å². The maximum atomic E-state index is 9.48. The molecule has 1 aliphatic rings. The Kier molecular flexibility index (Phi) is 4.20. The van der Waals surface area contributed by atoms with Crippen molar-refractivity contribution in [1.82, 2.24) is 4.90 Å². The van der Waals surface area contributed by atoms with E-state index in [1.54, 1.807) is 6.26 Å². The molecule has 1 saturated heterocycles. The van der Waals surface area contributed by atoms with Gasteiger partial charge < -0.3 is 15.3 Å². The lowest BCUT2D eigenvalue weighted by Crippen LogP contribution is -2.48. The molecule has 4 nitrogen and oxygen atoms in total. The number of piperidine rings is 1. The number of furan rings is 1. The van der Waals surface area contributed by atoms with Crippen LogP contribution in [0.2, 0.25) is 0 Å².